The Balaban J connectivity index is 1.74. The number of carbonyl (C=O) groups is 2. The number of thioether (sulfide) groups is 1. The van der Waals surface area contributed by atoms with Crippen LogP contribution in [0.15, 0.2) is 48.5 Å². The Kier molecular flexibility index (Phi) is 4.15. The van der Waals surface area contributed by atoms with E-state index in [2.05, 4.69) is 5.32 Å². The van der Waals surface area contributed by atoms with Crippen LogP contribution in [0.3, 0.4) is 0 Å². The number of fused-ring (bicyclic) bond motifs is 1. The summed E-state index contributed by atoms with van der Waals surface area (Å²) in [6.07, 6.45) is 0.0268. The largest absolute Gasteiger partial charge is 0.481 e. The minimum Gasteiger partial charge on any atom is -0.481 e. The van der Waals surface area contributed by atoms with Crippen LogP contribution in [0, 0.1) is 0 Å². The van der Waals surface area contributed by atoms with Gasteiger partial charge in [0.15, 0.2) is 0 Å². The van der Waals surface area contributed by atoms with Gasteiger partial charge < -0.3 is 10.4 Å². The fourth-order valence-electron chi connectivity index (χ4n) is 2.50. The molecule has 2 aromatic rings. The zero-order valence-electron chi connectivity index (χ0n) is 11.8. The number of aliphatic carboxylic acids is 1. The minimum atomic E-state index is -0.834. The van der Waals surface area contributed by atoms with Crippen molar-refractivity contribution in [2.75, 3.05) is 0 Å². The van der Waals surface area contributed by atoms with Crippen LogP contribution >= 0.6 is 11.8 Å². The van der Waals surface area contributed by atoms with Crippen molar-refractivity contribution in [2.45, 2.75) is 17.5 Å². The van der Waals surface area contributed by atoms with Crippen molar-refractivity contribution in [3.05, 3.63) is 70.8 Å². The standard InChI is InChI=1S/C17H15NO3S/c19-15(20)9-11-6-7-14-13(8-11)10-22-17(14)18-16(21)12-4-2-1-3-5-12/h1-8,17H,9-10H2,(H,18,21)(H,19,20). The number of rotatable bonds is 4. The molecule has 1 atom stereocenters. The zero-order chi connectivity index (χ0) is 15.5. The summed E-state index contributed by atoms with van der Waals surface area (Å²) in [6, 6.07) is 14.8. The van der Waals surface area contributed by atoms with Crippen LogP contribution in [0.4, 0.5) is 0 Å². The highest BCUT2D eigenvalue weighted by atomic mass is 32.2. The first kappa shape index (κ1) is 14.7. The second-order valence-corrected chi connectivity index (χ2v) is 6.23. The average Bonchev–Trinajstić information content (AvgIpc) is 2.90. The second kappa shape index (κ2) is 6.23. The molecule has 5 heteroatoms. The molecular weight excluding hydrogens is 298 g/mol. The summed E-state index contributed by atoms with van der Waals surface area (Å²) in [6.45, 7) is 0. The quantitative estimate of drug-likeness (QED) is 0.910. The Bertz CT molecular complexity index is 715. The first-order valence-electron chi connectivity index (χ1n) is 6.94. The maximum Gasteiger partial charge on any atom is 0.307 e. The lowest BCUT2D eigenvalue weighted by Crippen LogP contribution is -2.25. The summed E-state index contributed by atoms with van der Waals surface area (Å²) in [5.74, 6) is -0.150. The van der Waals surface area contributed by atoms with Gasteiger partial charge in [0.2, 0.25) is 0 Å². The molecule has 2 N–H and O–H groups in total. The van der Waals surface area contributed by atoms with Crippen LogP contribution in [-0.2, 0) is 17.0 Å². The number of amides is 1. The first-order chi connectivity index (χ1) is 10.6. The third-order valence-corrected chi connectivity index (χ3v) is 4.73. The van der Waals surface area contributed by atoms with Crippen molar-refractivity contribution < 1.29 is 14.7 Å². The molecule has 0 aromatic heterocycles. The summed E-state index contributed by atoms with van der Waals surface area (Å²) in [5.41, 5.74) is 3.59. The Morgan fingerprint density at radius 1 is 1.18 bits per heavy atom. The summed E-state index contributed by atoms with van der Waals surface area (Å²) in [7, 11) is 0. The number of carbonyl (C=O) groups excluding carboxylic acids is 1. The Hall–Kier alpha value is -2.27. The van der Waals surface area contributed by atoms with E-state index in [1.807, 2.05) is 36.4 Å². The minimum absolute atomic E-state index is 0.0268. The van der Waals surface area contributed by atoms with E-state index in [9.17, 15) is 9.59 Å². The van der Waals surface area contributed by atoms with E-state index < -0.39 is 5.97 Å². The number of carboxylic acid groups (broad SMARTS) is 1. The number of benzene rings is 2. The highest BCUT2D eigenvalue weighted by Crippen LogP contribution is 2.40. The average molecular weight is 313 g/mol. The third-order valence-electron chi connectivity index (χ3n) is 3.55. The van der Waals surface area contributed by atoms with E-state index >= 15 is 0 Å². The monoisotopic (exact) mass is 313 g/mol. The van der Waals surface area contributed by atoms with Gasteiger partial charge in [-0.05, 0) is 28.8 Å². The van der Waals surface area contributed by atoms with Crippen LogP contribution < -0.4 is 5.32 Å². The Morgan fingerprint density at radius 2 is 1.95 bits per heavy atom. The number of hydrogen-bond donors (Lipinski definition) is 2. The van der Waals surface area contributed by atoms with Crippen LogP contribution in [0.1, 0.15) is 32.4 Å². The lowest BCUT2D eigenvalue weighted by molar-refractivity contribution is -0.136. The van der Waals surface area contributed by atoms with E-state index in [1.54, 1.807) is 23.9 Å². The molecule has 0 spiro atoms. The molecule has 1 aliphatic heterocycles. The normalized spacial score (nSPS) is 16.1. The number of carboxylic acids is 1. The van der Waals surface area contributed by atoms with Gasteiger partial charge in [-0.25, -0.2) is 0 Å². The topological polar surface area (TPSA) is 66.4 Å². The van der Waals surface area contributed by atoms with Gasteiger partial charge in [-0.15, -0.1) is 11.8 Å². The van der Waals surface area contributed by atoms with E-state index in [0.29, 0.717) is 5.56 Å². The van der Waals surface area contributed by atoms with Gasteiger partial charge in [-0.1, -0.05) is 36.4 Å². The molecule has 1 amide bonds. The molecule has 3 rings (SSSR count). The van der Waals surface area contributed by atoms with Crippen molar-refractivity contribution >= 4 is 23.6 Å². The lowest BCUT2D eigenvalue weighted by atomic mass is 10.0. The molecule has 0 radical (unpaired) electrons. The summed E-state index contributed by atoms with van der Waals surface area (Å²) in [5, 5.41) is 11.8. The molecule has 1 heterocycles. The molecule has 4 nitrogen and oxygen atoms in total. The van der Waals surface area contributed by atoms with Crippen molar-refractivity contribution in [3.8, 4) is 0 Å². The fourth-order valence-corrected chi connectivity index (χ4v) is 3.69. The molecule has 2 aromatic carbocycles. The molecule has 0 saturated carbocycles. The molecular formula is C17H15NO3S. The maximum absolute atomic E-state index is 12.2. The van der Waals surface area contributed by atoms with E-state index in [-0.39, 0.29) is 17.7 Å². The molecule has 0 fully saturated rings. The van der Waals surface area contributed by atoms with Crippen LogP contribution in [0.2, 0.25) is 0 Å². The predicted octanol–water partition coefficient (Wildman–Crippen LogP) is 2.99. The van der Waals surface area contributed by atoms with Crippen LogP contribution in [0.5, 0.6) is 0 Å². The first-order valence-corrected chi connectivity index (χ1v) is 7.99. The van der Waals surface area contributed by atoms with E-state index in [4.69, 9.17) is 5.11 Å². The zero-order valence-corrected chi connectivity index (χ0v) is 12.6. The summed E-state index contributed by atoms with van der Waals surface area (Å²) in [4.78, 5) is 23.0. The Labute approximate surface area is 132 Å². The molecule has 1 aliphatic rings. The SMILES string of the molecule is O=C(O)Cc1ccc2c(c1)CSC2NC(=O)c1ccccc1. The predicted molar refractivity (Wildman–Crippen MR) is 85.7 cm³/mol. The van der Waals surface area contributed by atoms with Gasteiger partial charge in [0, 0.05) is 11.3 Å². The molecule has 22 heavy (non-hydrogen) atoms. The Morgan fingerprint density at radius 3 is 2.68 bits per heavy atom. The highest BCUT2D eigenvalue weighted by Gasteiger charge is 2.25. The highest BCUT2D eigenvalue weighted by molar-refractivity contribution is 7.99. The molecule has 0 saturated heterocycles. The van der Waals surface area contributed by atoms with Gasteiger partial charge >= 0.3 is 5.97 Å². The van der Waals surface area contributed by atoms with Gasteiger partial charge in [0.05, 0.1) is 6.42 Å². The molecule has 0 bridgehead atoms. The van der Waals surface area contributed by atoms with Gasteiger partial charge in [-0.3, -0.25) is 9.59 Å². The van der Waals surface area contributed by atoms with Crippen LogP contribution in [-0.4, -0.2) is 17.0 Å². The van der Waals surface area contributed by atoms with Crippen molar-refractivity contribution in [2.24, 2.45) is 0 Å². The number of hydrogen-bond acceptors (Lipinski definition) is 3. The summed E-state index contributed by atoms with van der Waals surface area (Å²) >= 11 is 1.64. The summed E-state index contributed by atoms with van der Waals surface area (Å²) < 4.78 is 0. The lowest BCUT2D eigenvalue weighted by Gasteiger charge is -2.13. The van der Waals surface area contributed by atoms with Gasteiger partial charge in [0.25, 0.3) is 5.91 Å². The molecule has 112 valence electrons. The van der Waals surface area contributed by atoms with Gasteiger partial charge in [-0.2, -0.15) is 0 Å². The van der Waals surface area contributed by atoms with E-state index in [1.165, 1.54) is 0 Å². The van der Waals surface area contributed by atoms with E-state index in [0.717, 1.165) is 22.4 Å². The van der Waals surface area contributed by atoms with Crippen molar-refractivity contribution in [1.82, 2.24) is 5.32 Å². The number of nitrogens with one attached hydrogen (secondary N) is 1. The third kappa shape index (κ3) is 3.14. The van der Waals surface area contributed by atoms with Crippen molar-refractivity contribution in [1.29, 1.82) is 0 Å². The second-order valence-electron chi connectivity index (χ2n) is 5.13. The maximum atomic E-state index is 12.2. The van der Waals surface area contributed by atoms with Crippen LogP contribution in [0.25, 0.3) is 0 Å². The van der Waals surface area contributed by atoms with Crippen molar-refractivity contribution in [3.63, 3.8) is 0 Å². The molecule has 0 aliphatic carbocycles. The smallest absolute Gasteiger partial charge is 0.307 e. The molecule has 1 unspecified atom stereocenters. The fraction of sp³-hybridized carbons (Fsp3) is 0.176. The van der Waals surface area contributed by atoms with Gasteiger partial charge in [0.1, 0.15) is 5.37 Å².